The Labute approximate surface area is 138 Å². The Kier molecular flexibility index (Phi) is 7.26. The van der Waals surface area contributed by atoms with Crippen molar-refractivity contribution in [2.45, 2.75) is 44.6 Å². The van der Waals surface area contributed by atoms with Gasteiger partial charge in [0.05, 0.1) is 13.2 Å². The van der Waals surface area contributed by atoms with E-state index in [4.69, 9.17) is 14.0 Å². The smallest absolute Gasteiger partial charge is 0.306 e. The van der Waals surface area contributed by atoms with Gasteiger partial charge < -0.3 is 9.47 Å². The molecule has 1 heterocycles. The highest BCUT2D eigenvalue weighted by Gasteiger charge is 2.25. The second kappa shape index (κ2) is 8.96. The van der Waals surface area contributed by atoms with Crippen LogP contribution in [0.5, 0.6) is 0 Å². The third kappa shape index (κ3) is 7.60. The van der Waals surface area contributed by atoms with Crippen LogP contribution >= 0.6 is 0 Å². The van der Waals surface area contributed by atoms with Crippen LogP contribution in [0.2, 0.25) is 0 Å². The number of morpholine rings is 1. The molecule has 7 nitrogen and oxygen atoms in total. The Hall–Kier alpha value is -0.700. The van der Waals surface area contributed by atoms with Crippen molar-refractivity contribution in [1.82, 2.24) is 4.90 Å². The minimum absolute atomic E-state index is 0.304. The van der Waals surface area contributed by atoms with E-state index < -0.39 is 22.0 Å². The van der Waals surface area contributed by atoms with E-state index in [2.05, 4.69) is 0 Å². The molecule has 0 aromatic heterocycles. The van der Waals surface area contributed by atoms with Gasteiger partial charge in [-0.3, -0.25) is 14.2 Å². The summed E-state index contributed by atoms with van der Waals surface area (Å²) in [5.74, 6) is -0.347. The Morgan fingerprint density at radius 1 is 1.26 bits per heavy atom. The summed E-state index contributed by atoms with van der Waals surface area (Å²) < 4.78 is 41.9. The van der Waals surface area contributed by atoms with Crippen LogP contribution in [0.1, 0.15) is 38.5 Å². The SMILES string of the molecule is O=C(CCC1CCCC1)OC(CN1CCOCC1)CS(=O)(=O)O. The minimum atomic E-state index is -4.19. The molecule has 1 unspecified atom stereocenters. The fourth-order valence-corrected chi connectivity index (χ4v) is 3.94. The first-order chi connectivity index (χ1) is 10.9. The predicted molar refractivity (Wildman–Crippen MR) is 84.7 cm³/mol. The molecule has 8 heteroatoms. The average molecular weight is 349 g/mol. The summed E-state index contributed by atoms with van der Waals surface area (Å²) in [6.45, 7) is 2.80. The molecule has 1 N–H and O–H groups in total. The highest BCUT2D eigenvalue weighted by atomic mass is 32.2. The lowest BCUT2D eigenvalue weighted by molar-refractivity contribution is -0.149. The van der Waals surface area contributed by atoms with Crippen molar-refractivity contribution in [2.24, 2.45) is 5.92 Å². The van der Waals surface area contributed by atoms with E-state index in [-0.39, 0.29) is 5.97 Å². The fraction of sp³-hybridized carbons (Fsp3) is 0.933. The van der Waals surface area contributed by atoms with Gasteiger partial charge in [-0.2, -0.15) is 8.42 Å². The highest BCUT2D eigenvalue weighted by Crippen LogP contribution is 2.28. The number of ether oxygens (including phenoxy) is 2. The van der Waals surface area contributed by atoms with Gasteiger partial charge in [-0.25, -0.2) is 0 Å². The van der Waals surface area contributed by atoms with Crippen molar-refractivity contribution in [3.63, 3.8) is 0 Å². The van der Waals surface area contributed by atoms with Crippen molar-refractivity contribution in [3.8, 4) is 0 Å². The van der Waals surface area contributed by atoms with Crippen LogP contribution in [-0.4, -0.2) is 68.5 Å². The van der Waals surface area contributed by atoms with E-state index in [1.165, 1.54) is 12.8 Å². The first kappa shape index (κ1) is 18.6. The molecule has 1 aliphatic heterocycles. The Balaban J connectivity index is 1.80. The molecule has 134 valence electrons. The normalized spacial score (nSPS) is 22.1. The molecule has 23 heavy (non-hydrogen) atoms. The van der Waals surface area contributed by atoms with Crippen LogP contribution in [0, 0.1) is 5.92 Å². The fourth-order valence-electron chi connectivity index (χ4n) is 3.30. The molecule has 1 atom stereocenters. The molecule has 2 rings (SSSR count). The zero-order valence-electron chi connectivity index (χ0n) is 13.5. The van der Waals surface area contributed by atoms with Gasteiger partial charge in [0, 0.05) is 26.1 Å². The van der Waals surface area contributed by atoms with E-state index in [0.29, 0.717) is 45.2 Å². The summed E-state index contributed by atoms with van der Waals surface area (Å²) in [6.07, 6.45) is 5.05. The number of rotatable bonds is 8. The monoisotopic (exact) mass is 349 g/mol. The van der Waals surface area contributed by atoms with Crippen molar-refractivity contribution in [2.75, 3.05) is 38.6 Å². The van der Waals surface area contributed by atoms with Gasteiger partial charge >= 0.3 is 5.97 Å². The molecule has 0 aromatic rings. The summed E-state index contributed by atoms with van der Waals surface area (Å²) in [5, 5.41) is 0. The van der Waals surface area contributed by atoms with Gasteiger partial charge in [0.15, 0.2) is 0 Å². The van der Waals surface area contributed by atoms with E-state index in [0.717, 1.165) is 19.3 Å². The van der Waals surface area contributed by atoms with Crippen LogP contribution in [0.25, 0.3) is 0 Å². The maximum Gasteiger partial charge on any atom is 0.306 e. The second-order valence-corrected chi connectivity index (χ2v) is 7.96. The molecule has 1 aliphatic carbocycles. The molecule has 2 fully saturated rings. The summed E-state index contributed by atoms with van der Waals surface area (Å²) in [6, 6.07) is 0. The Morgan fingerprint density at radius 3 is 2.52 bits per heavy atom. The third-order valence-corrected chi connectivity index (χ3v) is 5.28. The number of nitrogens with zero attached hydrogens (tertiary/aromatic N) is 1. The predicted octanol–water partition coefficient (Wildman–Crippen LogP) is 1.09. The van der Waals surface area contributed by atoms with Crippen LogP contribution in [0.3, 0.4) is 0 Å². The van der Waals surface area contributed by atoms with Gasteiger partial charge in [0.1, 0.15) is 11.9 Å². The van der Waals surface area contributed by atoms with Crippen molar-refractivity contribution in [1.29, 1.82) is 0 Å². The van der Waals surface area contributed by atoms with Crippen LogP contribution in [0.15, 0.2) is 0 Å². The minimum Gasteiger partial charge on any atom is -0.460 e. The molecule has 1 saturated carbocycles. The zero-order chi connectivity index (χ0) is 16.7. The second-order valence-electron chi connectivity index (χ2n) is 6.46. The summed E-state index contributed by atoms with van der Waals surface area (Å²) in [5.41, 5.74) is 0. The van der Waals surface area contributed by atoms with E-state index in [1.54, 1.807) is 0 Å². The molecule has 2 aliphatic rings. The first-order valence-electron chi connectivity index (χ1n) is 8.37. The number of hydrogen-bond acceptors (Lipinski definition) is 6. The average Bonchev–Trinajstić information content (AvgIpc) is 2.97. The molecule has 1 saturated heterocycles. The lowest BCUT2D eigenvalue weighted by atomic mass is 10.0. The molecular formula is C15H27NO6S. The maximum absolute atomic E-state index is 12.0. The zero-order valence-corrected chi connectivity index (χ0v) is 14.3. The van der Waals surface area contributed by atoms with Gasteiger partial charge in [-0.05, 0) is 12.3 Å². The third-order valence-electron chi connectivity index (χ3n) is 4.49. The van der Waals surface area contributed by atoms with E-state index in [9.17, 15) is 13.2 Å². The molecule has 0 radical (unpaired) electrons. The number of carbonyl (C=O) groups excluding carboxylic acids is 1. The molecular weight excluding hydrogens is 322 g/mol. The lowest BCUT2D eigenvalue weighted by Gasteiger charge is -2.29. The van der Waals surface area contributed by atoms with E-state index >= 15 is 0 Å². The van der Waals surface area contributed by atoms with Gasteiger partial charge in [-0.15, -0.1) is 0 Å². The van der Waals surface area contributed by atoms with Gasteiger partial charge in [-0.1, -0.05) is 25.7 Å². The number of hydrogen-bond donors (Lipinski definition) is 1. The largest absolute Gasteiger partial charge is 0.460 e. The summed E-state index contributed by atoms with van der Waals surface area (Å²) >= 11 is 0. The molecule has 0 spiro atoms. The molecule has 0 amide bonds. The Bertz CT molecular complexity index is 468. The number of carbonyl (C=O) groups is 1. The van der Waals surface area contributed by atoms with Gasteiger partial charge in [0.2, 0.25) is 0 Å². The molecule has 0 aromatic carbocycles. The summed E-state index contributed by atoms with van der Waals surface area (Å²) in [4.78, 5) is 14.0. The quantitative estimate of drug-likeness (QED) is 0.518. The lowest BCUT2D eigenvalue weighted by Crippen LogP contribution is -2.44. The maximum atomic E-state index is 12.0. The Morgan fingerprint density at radius 2 is 1.91 bits per heavy atom. The number of esters is 1. The highest BCUT2D eigenvalue weighted by molar-refractivity contribution is 7.85. The van der Waals surface area contributed by atoms with Crippen LogP contribution in [0.4, 0.5) is 0 Å². The molecule has 0 bridgehead atoms. The summed E-state index contributed by atoms with van der Waals surface area (Å²) in [7, 11) is -4.19. The van der Waals surface area contributed by atoms with E-state index in [1.807, 2.05) is 4.90 Å². The van der Waals surface area contributed by atoms with Crippen molar-refractivity contribution in [3.05, 3.63) is 0 Å². The van der Waals surface area contributed by atoms with Gasteiger partial charge in [0.25, 0.3) is 10.1 Å². The first-order valence-corrected chi connectivity index (χ1v) is 9.98. The van der Waals surface area contributed by atoms with Crippen LogP contribution < -0.4 is 0 Å². The van der Waals surface area contributed by atoms with Crippen LogP contribution in [-0.2, 0) is 24.4 Å². The topological polar surface area (TPSA) is 93.1 Å². The van der Waals surface area contributed by atoms with Crippen molar-refractivity contribution < 1.29 is 27.2 Å². The van der Waals surface area contributed by atoms with Crippen molar-refractivity contribution >= 4 is 16.1 Å². The standard InChI is InChI=1S/C15H27NO6S/c17-15(6-5-13-3-1-2-4-13)22-14(12-23(18,19)20)11-16-7-9-21-10-8-16/h13-14H,1-12H2,(H,18,19,20).